The van der Waals surface area contributed by atoms with E-state index < -0.39 is 27.0 Å². The van der Waals surface area contributed by atoms with Crippen LogP contribution in [0.15, 0.2) is 23.1 Å². The Balaban J connectivity index is 2.31. The molecule has 0 bridgehead atoms. The molecule has 142 valence electrons. The molecule has 0 spiro atoms. The van der Waals surface area contributed by atoms with Crippen LogP contribution in [-0.4, -0.2) is 25.4 Å². The zero-order valence-electron chi connectivity index (χ0n) is 15.2. The summed E-state index contributed by atoms with van der Waals surface area (Å²) < 4.78 is 27.7. The van der Waals surface area contributed by atoms with Crippen molar-refractivity contribution in [1.29, 1.82) is 5.26 Å². The lowest BCUT2D eigenvalue weighted by molar-refractivity contribution is 0.0902. The molecule has 0 saturated heterocycles. The lowest BCUT2D eigenvalue weighted by atomic mass is 9.82. The van der Waals surface area contributed by atoms with Crippen LogP contribution in [0.1, 0.15) is 63.2 Å². The quantitative estimate of drug-likeness (QED) is 0.813. The molecule has 8 heteroatoms. The molecule has 1 amide bonds. The summed E-state index contributed by atoms with van der Waals surface area (Å²) in [6, 6.07) is 6.31. The van der Waals surface area contributed by atoms with Crippen LogP contribution >= 0.6 is 11.6 Å². The van der Waals surface area contributed by atoms with Crippen molar-refractivity contribution in [3.8, 4) is 6.07 Å². The minimum Gasteiger partial charge on any atom is -0.334 e. The highest BCUT2D eigenvalue weighted by Gasteiger charge is 2.34. The van der Waals surface area contributed by atoms with Crippen molar-refractivity contribution in [2.45, 2.75) is 68.8 Å². The van der Waals surface area contributed by atoms with Gasteiger partial charge in [-0.05, 0) is 51.8 Å². The third kappa shape index (κ3) is 4.97. The van der Waals surface area contributed by atoms with Crippen LogP contribution in [0, 0.1) is 11.3 Å². The Morgan fingerprint density at radius 3 is 2.38 bits per heavy atom. The number of halogens is 1. The number of rotatable bonds is 4. The van der Waals surface area contributed by atoms with Gasteiger partial charge in [-0.25, -0.2) is 13.1 Å². The lowest BCUT2D eigenvalue weighted by Crippen LogP contribution is -2.48. The van der Waals surface area contributed by atoms with Gasteiger partial charge in [-0.15, -0.1) is 0 Å². The summed E-state index contributed by atoms with van der Waals surface area (Å²) in [6.45, 7) is 5.15. The number of nitrogens with one attached hydrogen (secondary N) is 2. The number of carbonyl (C=O) groups excluding carboxylic acids is 1. The predicted octanol–water partition coefficient (Wildman–Crippen LogP) is 3.37. The van der Waals surface area contributed by atoms with Gasteiger partial charge in [0.2, 0.25) is 10.0 Å². The molecule has 2 rings (SSSR count). The van der Waals surface area contributed by atoms with Gasteiger partial charge in [0.25, 0.3) is 5.91 Å². The van der Waals surface area contributed by atoms with Crippen LogP contribution in [0.25, 0.3) is 0 Å². The Morgan fingerprint density at radius 2 is 1.85 bits per heavy atom. The summed E-state index contributed by atoms with van der Waals surface area (Å²) in [5.74, 6) is -0.475. The maximum atomic E-state index is 12.6. The van der Waals surface area contributed by atoms with Gasteiger partial charge in [0.05, 0.1) is 11.1 Å². The van der Waals surface area contributed by atoms with E-state index in [-0.39, 0.29) is 15.5 Å². The van der Waals surface area contributed by atoms with E-state index in [2.05, 4.69) is 16.1 Å². The molecule has 0 atom stereocenters. The summed E-state index contributed by atoms with van der Waals surface area (Å²) in [5.41, 5.74) is -1.42. The van der Waals surface area contributed by atoms with Crippen LogP contribution in [-0.2, 0) is 10.0 Å². The zero-order chi connectivity index (χ0) is 19.6. The Hall–Kier alpha value is -1.62. The molecule has 0 aliphatic heterocycles. The van der Waals surface area contributed by atoms with E-state index in [0.29, 0.717) is 12.8 Å². The molecule has 6 nitrogen and oxygen atoms in total. The van der Waals surface area contributed by atoms with Crippen molar-refractivity contribution < 1.29 is 13.2 Å². The number of carbonyl (C=O) groups is 1. The van der Waals surface area contributed by atoms with Gasteiger partial charge in [-0.2, -0.15) is 5.26 Å². The molecule has 1 aliphatic carbocycles. The normalized spacial score (nSPS) is 17.3. The molecule has 0 radical (unpaired) electrons. The average molecular weight is 398 g/mol. The van der Waals surface area contributed by atoms with Crippen molar-refractivity contribution in [3.63, 3.8) is 0 Å². The van der Waals surface area contributed by atoms with Crippen LogP contribution < -0.4 is 10.0 Å². The first-order chi connectivity index (χ1) is 12.0. The van der Waals surface area contributed by atoms with E-state index in [1.165, 1.54) is 18.2 Å². The van der Waals surface area contributed by atoms with Gasteiger partial charge in [0, 0.05) is 11.1 Å². The monoisotopic (exact) mass is 397 g/mol. The van der Waals surface area contributed by atoms with Gasteiger partial charge < -0.3 is 5.32 Å². The number of sulfonamides is 1. The fourth-order valence-electron chi connectivity index (χ4n) is 3.02. The zero-order valence-corrected chi connectivity index (χ0v) is 16.8. The topological polar surface area (TPSA) is 99.1 Å². The molecule has 26 heavy (non-hydrogen) atoms. The predicted molar refractivity (Wildman–Crippen MR) is 100 cm³/mol. The third-order valence-electron chi connectivity index (χ3n) is 4.20. The van der Waals surface area contributed by atoms with E-state index in [1.807, 2.05) is 0 Å². The number of benzene rings is 1. The average Bonchev–Trinajstić information content (AvgIpc) is 2.53. The molecule has 0 unspecified atom stereocenters. The van der Waals surface area contributed by atoms with E-state index >= 15 is 0 Å². The van der Waals surface area contributed by atoms with Gasteiger partial charge in [-0.3, -0.25) is 4.79 Å². The van der Waals surface area contributed by atoms with Gasteiger partial charge in [-0.1, -0.05) is 30.9 Å². The van der Waals surface area contributed by atoms with E-state index in [4.69, 9.17) is 11.6 Å². The number of hydrogen-bond acceptors (Lipinski definition) is 4. The molecular weight excluding hydrogens is 374 g/mol. The van der Waals surface area contributed by atoms with Crippen LogP contribution in [0.3, 0.4) is 0 Å². The van der Waals surface area contributed by atoms with Crippen LogP contribution in [0.4, 0.5) is 0 Å². The third-order valence-corrected chi connectivity index (χ3v) is 6.44. The van der Waals surface area contributed by atoms with Crippen molar-refractivity contribution in [3.05, 3.63) is 28.8 Å². The second-order valence-corrected chi connectivity index (χ2v) is 9.77. The number of hydrogen-bond donors (Lipinski definition) is 2. The number of nitrogens with zero attached hydrogens (tertiary/aromatic N) is 1. The first-order valence-electron chi connectivity index (χ1n) is 8.55. The highest BCUT2D eigenvalue weighted by Crippen LogP contribution is 2.29. The van der Waals surface area contributed by atoms with Crippen molar-refractivity contribution in [1.82, 2.24) is 10.0 Å². The van der Waals surface area contributed by atoms with E-state index in [1.54, 1.807) is 20.8 Å². The smallest absolute Gasteiger partial charge is 0.252 e. The fraction of sp³-hybridized carbons (Fsp3) is 0.556. The molecular formula is C18H24ClN3O3S. The van der Waals surface area contributed by atoms with E-state index in [9.17, 15) is 18.5 Å². The number of nitriles is 1. The van der Waals surface area contributed by atoms with Crippen molar-refractivity contribution >= 4 is 27.5 Å². The molecule has 1 fully saturated rings. The molecule has 1 aromatic carbocycles. The summed E-state index contributed by atoms with van der Waals surface area (Å²) in [6.07, 6.45) is 3.99. The molecule has 1 aliphatic rings. The summed E-state index contributed by atoms with van der Waals surface area (Å²) in [4.78, 5) is 12.5. The first-order valence-corrected chi connectivity index (χ1v) is 10.4. The summed E-state index contributed by atoms with van der Waals surface area (Å²) in [5, 5.41) is 12.3. The fourth-order valence-corrected chi connectivity index (χ4v) is 4.96. The Kier molecular flexibility index (Phi) is 6.01. The molecule has 0 aromatic heterocycles. The Morgan fingerprint density at radius 1 is 1.23 bits per heavy atom. The SMILES string of the molecule is CC(C)(C)NS(=O)(=O)c1cc(C(=O)NC2(C#N)CCCCC2)ccc1Cl. The maximum absolute atomic E-state index is 12.6. The van der Waals surface area contributed by atoms with Crippen molar-refractivity contribution in [2.75, 3.05) is 0 Å². The van der Waals surface area contributed by atoms with Gasteiger partial charge in [0.15, 0.2) is 0 Å². The highest BCUT2D eigenvalue weighted by molar-refractivity contribution is 7.89. The van der Waals surface area contributed by atoms with Crippen LogP contribution in [0.2, 0.25) is 5.02 Å². The maximum Gasteiger partial charge on any atom is 0.252 e. The Bertz CT molecular complexity index is 832. The molecule has 0 heterocycles. The molecule has 1 aromatic rings. The van der Waals surface area contributed by atoms with Gasteiger partial charge >= 0.3 is 0 Å². The van der Waals surface area contributed by atoms with Gasteiger partial charge in [0.1, 0.15) is 10.4 Å². The second kappa shape index (κ2) is 7.55. The summed E-state index contributed by atoms with van der Waals surface area (Å²) in [7, 11) is -3.89. The highest BCUT2D eigenvalue weighted by atomic mass is 35.5. The van der Waals surface area contributed by atoms with Crippen LogP contribution in [0.5, 0.6) is 0 Å². The largest absolute Gasteiger partial charge is 0.334 e. The Labute approximate surface area is 160 Å². The van der Waals surface area contributed by atoms with E-state index in [0.717, 1.165) is 19.3 Å². The minimum absolute atomic E-state index is 0.0333. The molecule has 1 saturated carbocycles. The first kappa shape index (κ1) is 20.7. The molecule has 2 N–H and O–H groups in total. The lowest BCUT2D eigenvalue weighted by Gasteiger charge is -2.31. The standard InChI is InChI=1S/C18H24ClN3O3S/c1-17(2,3)22-26(24,25)15-11-13(7-8-14(15)19)16(23)21-18(12-20)9-5-4-6-10-18/h7-8,11,22H,4-6,9-10H2,1-3H3,(H,21,23). The minimum atomic E-state index is -3.89. The second-order valence-electron chi connectivity index (χ2n) is 7.71. The number of amides is 1. The summed E-state index contributed by atoms with van der Waals surface area (Å²) >= 11 is 6.06. The van der Waals surface area contributed by atoms with Crippen molar-refractivity contribution in [2.24, 2.45) is 0 Å².